The van der Waals surface area contributed by atoms with Crippen molar-refractivity contribution >= 4 is 68.0 Å². The molecule has 182 valence electrons. The standard InChI is InChI=1S/C21H22ClN5O5S.ClH/c1-4-24(5-2)6-7-25(21-23-19-13(3)8-15(22)11-18(19)33-21)20(28)14-9-16(26(29)30)12-17(10-14)27(31)32;/h8-12H,4-7H2,1-3H3;1H. The van der Waals surface area contributed by atoms with Crippen molar-refractivity contribution in [2.45, 2.75) is 20.8 Å². The number of carbonyl (C=O) groups is 1. The molecular weight excluding hydrogens is 505 g/mol. The zero-order chi connectivity index (χ0) is 24.3. The van der Waals surface area contributed by atoms with Crippen molar-refractivity contribution in [3.05, 3.63) is 66.7 Å². The molecule has 0 spiro atoms. The van der Waals surface area contributed by atoms with Gasteiger partial charge in [-0.05, 0) is 37.7 Å². The first-order valence-electron chi connectivity index (χ1n) is 10.2. The molecule has 2 aromatic carbocycles. The number of fused-ring (bicyclic) bond motifs is 1. The summed E-state index contributed by atoms with van der Waals surface area (Å²) in [5, 5.41) is 23.5. The van der Waals surface area contributed by atoms with Crippen LogP contribution in [0.1, 0.15) is 29.8 Å². The molecule has 0 saturated carbocycles. The second-order valence-electron chi connectivity index (χ2n) is 7.30. The molecule has 13 heteroatoms. The monoisotopic (exact) mass is 527 g/mol. The van der Waals surface area contributed by atoms with Gasteiger partial charge < -0.3 is 4.90 Å². The van der Waals surface area contributed by atoms with Crippen molar-refractivity contribution in [2.24, 2.45) is 0 Å². The summed E-state index contributed by atoms with van der Waals surface area (Å²) in [6.45, 7) is 8.20. The maximum Gasteiger partial charge on any atom is 0.277 e. The van der Waals surface area contributed by atoms with Gasteiger partial charge in [0.1, 0.15) is 0 Å². The number of aryl methyl sites for hydroxylation is 1. The van der Waals surface area contributed by atoms with Crippen molar-refractivity contribution in [1.29, 1.82) is 0 Å². The number of carbonyl (C=O) groups excluding carboxylic acids is 1. The minimum Gasteiger partial charge on any atom is -0.302 e. The number of hydrogen-bond acceptors (Lipinski definition) is 8. The number of nitrogens with zero attached hydrogens (tertiary/aromatic N) is 5. The van der Waals surface area contributed by atoms with E-state index in [9.17, 15) is 25.0 Å². The fourth-order valence-corrected chi connectivity index (χ4v) is 4.85. The van der Waals surface area contributed by atoms with E-state index in [1.54, 1.807) is 12.1 Å². The van der Waals surface area contributed by atoms with Gasteiger partial charge in [0.25, 0.3) is 17.3 Å². The largest absolute Gasteiger partial charge is 0.302 e. The van der Waals surface area contributed by atoms with Crippen LogP contribution in [-0.2, 0) is 0 Å². The van der Waals surface area contributed by atoms with Crippen molar-refractivity contribution in [3.63, 3.8) is 0 Å². The Hall–Kier alpha value is -2.86. The molecule has 0 bridgehead atoms. The minimum atomic E-state index is -0.757. The molecule has 1 aromatic heterocycles. The topological polar surface area (TPSA) is 123 Å². The van der Waals surface area contributed by atoms with E-state index in [-0.39, 0.29) is 24.5 Å². The van der Waals surface area contributed by atoms with E-state index in [1.165, 1.54) is 16.2 Å². The number of benzene rings is 2. The van der Waals surface area contributed by atoms with Crippen LogP contribution >= 0.6 is 35.3 Å². The summed E-state index contributed by atoms with van der Waals surface area (Å²) < 4.78 is 0.792. The van der Waals surface area contributed by atoms with Crippen LogP contribution in [0.2, 0.25) is 5.02 Å². The molecule has 0 radical (unpaired) electrons. The lowest BCUT2D eigenvalue weighted by molar-refractivity contribution is -0.394. The molecule has 0 N–H and O–H groups in total. The first-order chi connectivity index (χ1) is 15.6. The molecule has 0 atom stereocenters. The number of likely N-dealkylation sites (N-methyl/N-ethyl adjacent to an activating group) is 1. The number of aromatic nitrogens is 1. The van der Waals surface area contributed by atoms with Gasteiger partial charge in [-0.15, -0.1) is 12.4 Å². The normalized spacial score (nSPS) is 10.9. The zero-order valence-electron chi connectivity index (χ0n) is 18.7. The summed E-state index contributed by atoms with van der Waals surface area (Å²) in [6, 6.07) is 6.47. The molecule has 1 heterocycles. The van der Waals surface area contributed by atoms with Gasteiger partial charge in [0, 0.05) is 30.2 Å². The maximum absolute atomic E-state index is 13.5. The number of anilines is 1. The average molecular weight is 528 g/mol. The lowest BCUT2D eigenvalue weighted by Crippen LogP contribution is -2.39. The maximum atomic E-state index is 13.5. The van der Waals surface area contributed by atoms with Crippen molar-refractivity contribution in [3.8, 4) is 0 Å². The van der Waals surface area contributed by atoms with Gasteiger partial charge in [0.2, 0.25) is 0 Å². The summed E-state index contributed by atoms with van der Waals surface area (Å²) in [6.07, 6.45) is 0. The lowest BCUT2D eigenvalue weighted by atomic mass is 10.1. The Morgan fingerprint density at radius 2 is 1.62 bits per heavy atom. The molecule has 0 aliphatic rings. The van der Waals surface area contributed by atoms with Crippen molar-refractivity contribution < 1.29 is 14.6 Å². The van der Waals surface area contributed by atoms with Crippen LogP contribution in [0, 0.1) is 27.2 Å². The Kier molecular flexibility index (Phi) is 9.28. The van der Waals surface area contributed by atoms with E-state index >= 15 is 0 Å². The Balaban J connectivity index is 0.00000408. The first-order valence-corrected chi connectivity index (χ1v) is 11.4. The van der Waals surface area contributed by atoms with E-state index in [4.69, 9.17) is 11.6 Å². The van der Waals surface area contributed by atoms with Crippen LogP contribution in [0.3, 0.4) is 0 Å². The minimum absolute atomic E-state index is 0. The zero-order valence-corrected chi connectivity index (χ0v) is 21.1. The number of nitro benzene ring substituents is 2. The molecule has 0 aliphatic carbocycles. The number of nitro groups is 2. The number of non-ortho nitro benzene ring substituents is 2. The molecule has 0 fully saturated rings. The number of rotatable bonds is 9. The second-order valence-corrected chi connectivity index (χ2v) is 8.75. The number of amides is 1. The predicted molar refractivity (Wildman–Crippen MR) is 136 cm³/mol. The number of thiazole rings is 1. The Morgan fingerprint density at radius 1 is 1.03 bits per heavy atom. The molecular formula is C21H23Cl2N5O5S. The highest BCUT2D eigenvalue weighted by molar-refractivity contribution is 7.22. The van der Waals surface area contributed by atoms with E-state index in [0.717, 1.165) is 41.6 Å². The molecule has 3 aromatic rings. The quantitative estimate of drug-likeness (QED) is 0.266. The van der Waals surface area contributed by atoms with Crippen molar-refractivity contribution in [1.82, 2.24) is 9.88 Å². The molecule has 0 unspecified atom stereocenters. The SMILES string of the molecule is CCN(CC)CCN(C(=O)c1cc([N+](=O)[O-])cc([N+](=O)[O-])c1)c1nc2c(C)cc(Cl)cc2s1.Cl. The van der Waals surface area contributed by atoms with Gasteiger partial charge in [-0.1, -0.05) is 36.8 Å². The summed E-state index contributed by atoms with van der Waals surface area (Å²) in [5.41, 5.74) is 0.350. The molecule has 1 amide bonds. The van der Waals surface area contributed by atoms with Gasteiger partial charge in [-0.3, -0.25) is 29.9 Å². The number of hydrogen-bond donors (Lipinski definition) is 0. The average Bonchev–Trinajstić information content (AvgIpc) is 3.20. The summed E-state index contributed by atoms with van der Waals surface area (Å²) in [4.78, 5) is 42.8. The summed E-state index contributed by atoms with van der Waals surface area (Å²) in [5.74, 6) is -0.600. The van der Waals surface area contributed by atoms with Gasteiger partial charge in [-0.2, -0.15) is 0 Å². The van der Waals surface area contributed by atoms with E-state index in [0.29, 0.717) is 22.2 Å². The number of halogens is 2. The first kappa shape index (κ1) is 27.4. The fraction of sp³-hybridized carbons (Fsp3) is 0.333. The van der Waals surface area contributed by atoms with Crippen LogP contribution in [0.4, 0.5) is 16.5 Å². The van der Waals surface area contributed by atoms with Gasteiger partial charge in [-0.25, -0.2) is 4.98 Å². The molecule has 34 heavy (non-hydrogen) atoms. The van der Waals surface area contributed by atoms with Crippen LogP contribution in [-0.4, -0.2) is 51.8 Å². The third-order valence-electron chi connectivity index (χ3n) is 5.22. The molecule has 0 aliphatic heterocycles. The lowest BCUT2D eigenvalue weighted by Gasteiger charge is -2.24. The third kappa shape index (κ3) is 5.98. The van der Waals surface area contributed by atoms with Crippen molar-refractivity contribution in [2.75, 3.05) is 31.1 Å². The van der Waals surface area contributed by atoms with E-state index in [2.05, 4.69) is 9.88 Å². The van der Waals surface area contributed by atoms with Crippen LogP contribution in [0.5, 0.6) is 0 Å². The molecule has 10 nitrogen and oxygen atoms in total. The Labute approximate surface area is 210 Å². The van der Waals surface area contributed by atoms with Crippen LogP contribution in [0.15, 0.2) is 30.3 Å². The highest BCUT2D eigenvalue weighted by Crippen LogP contribution is 2.34. The van der Waals surface area contributed by atoms with E-state index < -0.39 is 27.1 Å². The summed E-state index contributed by atoms with van der Waals surface area (Å²) in [7, 11) is 0. The molecule has 3 rings (SSSR count). The molecule has 0 saturated heterocycles. The van der Waals surface area contributed by atoms with Crippen LogP contribution < -0.4 is 4.90 Å². The fourth-order valence-electron chi connectivity index (χ4n) is 3.41. The van der Waals surface area contributed by atoms with Gasteiger partial charge in [0.05, 0.1) is 31.7 Å². The second kappa shape index (κ2) is 11.5. The smallest absolute Gasteiger partial charge is 0.277 e. The highest BCUT2D eigenvalue weighted by Gasteiger charge is 2.26. The Bertz CT molecular complexity index is 1200. The van der Waals surface area contributed by atoms with Gasteiger partial charge >= 0.3 is 0 Å². The Morgan fingerprint density at radius 3 is 2.15 bits per heavy atom. The highest BCUT2D eigenvalue weighted by atomic mass is 35.5. The predicted octanol–water partition coefficient (Wildman–Crippen LogP) is 5.48. The summed E-state index contributed by atoms with van der Waals surface area (Å²) >= 11 is 7.44. The third-order valence-corrected chi connectivity index (χ3v) is 6.46. The van der Waals surface area contributed by atoms with Gasteiger partial charge in [0.15, 0.2) is 5.13 Å². The van der Waals surface area contributed by atoms with Crippen LogP contribution in [0.25, 0.3) is 10.2 Å². The van der Waals surface area contributed by atoms with E-state index in [1.807, 2.05) is 20.8 Å².